The predicted molar refractivity (Wildman–Crippen MR) is 112 cm³/mol. The largest absolute Gasteiger partial charge is 0.380 e. The van der Waals surface area contributed by atoms with E-state index in [-0.39, 0.29) is 23.4 Å². The minimum Gasteiger partial charge on any atom is -0.380 e. The highest BCUT2D eigenvalue weighted by atomic mass is 35.5. The van der Waals surface area contributed by atoms with Gasteiger partial charge in [0, 0.05) is 36.2 Å². The molecule has 4 rings (SSSR count). The van der Waals surface area contributed by atoms with Gasteiger partial charge in [0.2, 0.25) is 5.91 Å². The smallest absolute Gasteiger partial charge is 0.254 e. The molecule has 2 fully saturated rings. The number of likely N-dealkylation sites (tertiary alicyclic amines) is 1. The van der Waals surface area contributed by atoms with Gasteiger partial charge in [-0.1, -0.05) is 43.5 Å². The number of carbonyl (C=O) groups excluding carboxylic acids is 1. The summed E-state index contributed by atoms with van der Waals surface area (Å²) in [5, 5.41) is 0.639. The Morgan fingerprint density at radius 2 is 1.93 bits per heavy atom. The van der Waals surface area contributed by atoms with Crippen LogP contribution >= 0.6 is 11.6 Å². The van der Waals surface area contributed by atoms with Crippen molar-refractivity contribution in [2.75, 3.05) is 26.3 Å². The number of benzene rings is 1. The SMILES string of the molecule is CCCCCc1nc(-c2ccc(Cl)cc2)cc(=O)n1CC(=O)N1CC2(COC2)C1. The molecule has 7 heteroatoms. The third-order valence-electron chi connectivity index (χ3n) is 5.75. The Hall–Kier alpha value is -2.18. The van der Waals surface area contributed by atoms with Crippen LogP contribution in [0, 0.1) is 5.41 Å². The third-order valence-corrected chi connectivity index (χ3v) is 6.00. The fourth-order valence-electron chi connectivity index (χ4n) is 3.96. The second kappa shape index (κ2) is 8.28. The number of rotatable bonds is 7. The summed E-state index contributed by atoms with van der Waals surface area (Å²) in [6.07, 6.45) is 3.75. The number of aromatic nitrogens is 2. The van der Waals surface area contributed by atoms with Crippen molar-refractivity contribution in [3.8, 4) is 11.3 Å². The number of unbranched alkanes of at least 4 members (excludes halogenated alkanes) is 2. The first kappa shape index (κ1) is 20.1. The zero-order chi connectivity index (χ0) is 20.4. The molecule has 0 bridgehead atoms. The number of ether oxygens (including phenoxy) is 1. The van der Waals surface area contributed by atoms with Crippen LogP contribution in [0.25, 0.3) is 11.3 Å². The third kappa shape index (κ3) is 4.23. The molecule has 1 aromatic heterocycles. The van der Waals surface area contributed by atoms with Gasteiger partial charge in [0.25, 0.3) is 5.56 Å². The van der Waals surface area contributed by atoms with E-state index in [1.54, 1.807) is 16.7 Å². The zero-order valence-corrected chi connectivity index (χ0v) is 17.5. The van der Waals surface area contributed by atoms with Crippen LogP contribution in [0.5, 0.6) is 0 Å². The lowest BCUT2D eigenvalue weighted by Gasteiger charge is -2.54. The van der Waals surface area contributed by atoms with E-state index >= 15 is 0 Å². The highest BCUT2D eigenvalue weighted by molar-refractivity contribution is 6.30. The van der Waals surface area contributed by atoms with Gasteiger partial charge in [0.15, 0.2) is 0 Å². The molecule has 2 aliphatic rings. The number of amides is 1. The van der Waals surface area contributed by atoms with Crippen molar-refractivity contribution in [3.63, 3.8) is 0 Å². The summed E-state index contributed by atoms with van der Waals surface area (Å²) < 4.78 is 6.81. The number of nitrogens with zero attached hydrogens (tertiary/aromatic N) is 3. The van der Waals surface area contributed by atoms with Gasteiger partial charge >= 0.3 is 0 Å². The van der Waals surface area contributed by atoms with Crippen molar-refractivity contribution in [1.29, 1.82) is 0 Å². The zero-order valence-electron chi connectivity index (χ0n) is 16.7. The van der Waals surface area contributed by atoms with Crippen molar-refractivity contribution < 1.29 is 9.53 Å². The van der Waals surface area contributed by atoms with Gasteiger partial charge in [-0.3, -0.25) is 14.2 Å². The molecular formula is C22H26ClN3O3. The van der Waals surface area contributed by atoms with E-state index < -0.39 is 0 Å². The van der Waals surface area contributed by atoms with Gasteiger partial charge in [0.05, 0.1) is 24.3 Å². The van der Waals surface area contributed by atoms with E-state index in [1.807, 2.05) is 17.0 Å². The van der Waals surface area contributed by atoms with E-state index in [4.69, 9.17) is 21.3 Å². The van der Waals surface area contributed by atoms with E-state index in [2.05, 4.69) is 6.92 Å². The fraction of sp³-hybridized carbons (Fsp3) is 0.500. The summed E-state index contributed by atoms with van der Waals surface area (Å²) in [5.74, 6) is 0.647. The molecule has 2 aromatic rings. The highest BCUT2D eigenvalue weighted by Gasteiger charge is 2.50. The molecular weight excluding hydrogens is 390 g/mol. The van der Waals surface area contributed by atoms with Crippen molar-refractivity contribution in [1.82, 2.24) is 14.5 Å². The average Bonchev–Trinajstić information content (AvgIpc) is 2.62. The summed E-state index contributed by atoms with van der Waals surface area (Å²) in [4.78, 5) is 32.2. The Balaban J connectivity index is 1.56. The molecule has 29 heavy (non-hydrogen) atoms. The topological polar surface area (TPSA) is 64.4 Å². The molecule has 0 atom stereocenters. The molecule has 1 spiro atoms. The lowest BCUT2D eigenvalue weighted by molar-refractivity contribution is -0.195. The standard InChI is InChI=1S/C22H26ClN3O3/c1-2-3-4-5-19-24-18(16-6-8-17(23)9-7-16)10-20(27)26(19)11-21(28)25-12-22(13-25)14-29-15-22/h6-10H,2-5,11-15H2,1H3. The number of aryl methyl sites for hydroxylation is 1. The number of halogens is 1. The van der Waals surface area contributed by atoms with Crippen LogP contribution in [0.3, 0.4) is 0 Å². The number of hydrogen-bond acceptors (Lipinski definition) is 4. The second-order valence-corrected chi connectivity index (χ2v) is 8.63. The van der Waals surface area contributed by atoms with Crippen molar-refractivity contribution in [2.24, 2.45) is 5.41 Å². The van der Waals surface area contributed by atoms with Crippen LogP contribution in [0.2, 0.25) is 5.02 Å². The highest BCUT2D eigenvalue weighted by Crippen LogP contribution is 2.37. The molecule has 0 saturated carbocycles. The number of hydrogen-bond donors (Lipinski definition) is 0. The van der Waals surface area contributed by atoms with Gasteiger partial charge in [0.1, 0.15) is 12.4 Å². The van der Waals surface area contributed by atoms with E-state index in [0.717, 1.165) is 51.1 Å². The summed E-state index contributed by atoms with van der Waals surface area (Å²) in [6, 6.07) is 8.80. The molecule has 0 N–H and O–H groups in total. The van der Waals surface area contributed by atoms with Crippen molar-refractivity contribution in [2.45, 2.75) is 39.2 Å². The molecule has 154 valence electrons. The van der Waals surface area contributed by atoms with Gasteiger partial charge in [-0.2, -0.15) is 0 Å². The Labute approximate surface area is 175 Å². The van der Waals surface area contributed by atoms with Crippen LogP contribution in [0.15, 0.2) is 35.1 Å². The molecule has 3 heterocycles. The maximum Gasteiger partial charge on any atom is 0.254 e. The minimum atomic E-state index is -0.188. The molecule has 2 aliphatic heterocycles. The molecule has 0 unspecified atom stereocenters. The lowest BCUT2D eigenvalue weighted by atomic mass is 9.78. The monoisotopic (exact) mass is 415 g/mol. The molecule has 1 aromatic carbocycles. The summed E-state index contributed by atoms with van der Waals surface area (Å²) in [7, 11) is 0. The molecule has 0 radical (unpaired) electrons. The van der Waals surface area contributed by atoms with E-state index in [9.17, 15) is 9.59 Å². The van der Waals surface area contributed by atoms with E-state index in [1.165, 1.54) is 6.07 Å². The summed E-state index contributed by atoms with van der Waals surface area (Å²) in [6.45, 7) is 5.10. The first-order chi connectivity index (χ1) is 14.0. The van der Waals surface area contributed by atoms with Gasteiger partial charge < -0.3 is 9.64 Å². The maximum absolute atomic E-state index is 12.9. The Morgan fingerprint density at radius 1 is 1.21 bits per heavy atom. The van der Waals surface area contributed by atoms with E-state index in [0.29, 0.717) is 23.0 Å². The van der Waals surface area contributed by atoms with Crippen molar-refractivity contribution in [3.05, 3.63) is 51.5 Å². The Kier molecular flexibility index (Phi) is 5.74. The maximum atomic E-state index is 12.9. The first-order valence-electron chi connectivity index (χ1n) is 10.2. The quantitative estimate of drug-likeness (QED) is 0.651. The fourth-order valence-corrected chi connectivity index (χ4v) is 4.09. The minimum absolute atomic E-state index is 0.0255. The molecule has 6 nitrogen and oxygen atoms in total. The van der Waals surface area contributed by atoms with Crippen LogP contribution in [-0.4, -0.2) is 46.7 Å². The van der Waals surface area contributed by atoms with Crippen LogP contribution in [-0.2, 0) is 22.5 Å². The van der Waals surface area contributed by atoms with Gasteiger partial charge in [-0.05, 0) is 18.6 Å². The second-order valence-electron chi connectivity index (χ2n) is 8.19. The normalized spacial score (nSPS) is 17.1. The predicted octanol–water partition coefficient (Wildman–Crippen LogP) is 3.16. The Morgan fingerprint density at radius 3 is 2.55 bits per heavy atom. The van der Waals surface area contributed by atoms with Gasteiger partial charge in [-0.25, -0.2) is 4.98 Å². The first-order valence-corrected chi connectivity index (χ1v) is 10.6. The lowest BCUT2D eigenvalue weighted by Crippen LogP contribution is -2.67. The van der Waals surface area contributed by atoms with Crippen LogP contribution in [0.1, 0.15) is 32.0 Å². The van der Waals surface area contributed by atoms with Gasteiger partial charge in [-0.15, -0.1) is 0 Å². The average molecular weight is 416 g/mol. The van der Waals surface area contributed by atoms with Crippen LogP contribution in [0.4, 0.5) is 0 Å². The molecule has 1 amide bonds. The summed E-state index contributed by atoms with van der Waals surface area (Å²) >= 11 is 5.98. The molecule has 0 aliphatic carbocycles. The molecule has 2 saturated heterocycles. The summed E-state index contributed by atoms with van der Waals surface area (Å²) in [5.41, 5.74) is 1.45. The van der Waals surface area contributed by atoms with Crippen LogP contribution < -0.4 is 5.56 Å². The number of carbonyl (C=O) groups is 1. The van der Waals surface area contributed by atoms with Crippen molar-refractivity contribution >= 4 is 17.5 Å². The Bertz CT molecular complexity index is 943.